The molecule has 0 aliphatic rings. The van der Waals surface area contributed by atoms with Crippen molar-refractivity contribution >= 4 is 9.84 Å². The molecule has 1 unspecified atom stereocenters. The molecule has 0 radical (unpaired) electrons. The highest BCUT2D eigenvalue weighted by atomic mass is 32.2. The first-order valence-electron chi connectivity index (χ1n) is 15.2. The van der Waals surface area contributed by atoms with Crippen LogP contribution in [0.1, 0.15) is 34.9 Å². The van der Waals surface area contributed by atoms with Crippen molar-refractivity contribution in [2.45, 2.75) is 37.8 Å². The number of rotatable bonds is 14. The van der Waals surface area contributed by atoms with E-state index in [2.05, 4.69) is 15.9 Å². The number of aryl methyl sites for hydroxylation is 1. The van der Waals surface area contributed by atoms with Gasteiger partial charge in [-0.05, 0) is 54.8 Å². The molecule has 2 heterocycles. The third-order valence-electron chi connectivity index (χ3n) is 7.56. The van der Waals surface area contributed by atoms with Gasteiger partial charge in [0.15, 0.2) is 17.3 Å². The minimum absolute atomic E-state index is 0.00418. The highest BCUT2D eigenvalue weighted by molar-refractivity contribution is 7.91. The third kappa shape index (κ3) is 8.76. The first-order chi connectivity index (χ1) is 23.6. The Morgan fingerprint density at radius 2 is 1.69 bits per heavy atom. The lowest BCUT2D eigenvalue weighted by molar-refractivity contribution is 0.0361. The Morgan fingerprint density at radius 3 is 2.43 bits per heavy atom. The molecule has 9 nitrogen and oxygen atoms in total. The van der Waals surface area contributed by atoms with Gasteiger partial charge in [0.1, 0.15) is 12.4 Å². The molecule has 2 aromatic heterocycles. The van der Waals surface area contributed by atoms with Crippen molar-refractivity contribution in [3.05, 3.63) is 135 Å². The number of nitrogens with zero attached hydrogens (tertiary/aromatic N) is 3. The van der Waals surface area contributed by atoms with Gasteiger partial charge < -0.3 is 18.8 Å². The topological polar surface area (TPSA) is 110 Å². The van der Waals surface area contributed by atoms with Crippen LogP contribution in [0, 0.1) is 30.9 Å². The van der Waals surface area contributed by atoms with E-state index in [1.807, 2.05) is 6.07 Å². The van der Waals surface area contributed by atoms with Gasteiger partial charge in [0.25, 0.3) is 5.56 Å². The van der Waals surface area contributed by atoms with Crippen molar-refractivity contribution in [2.24, 2.45) is 0 Å². The summed E-state index contributed by atoms with van der Waals surface area (Å²) in [6.45, 7) is 1.49. The standard InChI is InChI=1S/C37H33F2N3O6S/c1-4-17-47-35-20-26(14-15-34(35)46-3)22-42-23-29(21-31(39)36(42)43)32-19-25(2)40-37(41-32)49(44,45)18-16-33(27-10-6-5-7-11-27)48-24-28-12-8-9-13-30(28)38/h1,5-15,19-21,23,33H,16-18,22,24H2,2-3H3. The number of benzene rings is 3. The van der Waals surface area contributed by atoms with Crippen molar-refractivity contribution in [2.75, 3.05) is 19.5 Å². The number of pyridine rings is 1. The second kappa shape index (κ2) is 15.7. The molecule has 12 heteroatoms. The molecule has 0 fully saturated rings. The maximum absolute atomic E-state index is 15.0. The molecular formula is C37H33F2N3O6S. The summed E-state index contributed by atoms with van der Waals surface area (Å²) in [5.74, 6) is 1.31. The summed E-state index contributed by atoms with van der Waals surface area (Å²) in [7, 11) is -2.61. The van der Waals surface area contributed by atoms with Crippen molar-refractivity contribution in [3.63, 3.8) is 0 Å². The molecule has 0 aliphatic heterocycles. The predicted molar refractivity (Wildman–Crippen MR) is 180 cm³/mol. The summed E-state index contributed by atoms with van der Waals surface area (Å²) in [5, 5.41) is -0.452. The highest BCUT2D eigenvalue weighted by Crippen LogP contribution is 2.29. The van der Waals surface area contributed by atoms with Crippen LogP contribution in [0.25, 0.3) is 11.3 Å². The zero-order valence-corrected chi connectivity index (χ0v) is 27.6. The number of hydrogen-bond acceptors (Lipinski definition) is 8. The van der Waals surface area contributed by atoms with Gasteiger partial charge in [-0.3, -0.25) is 4.79 Å². The Hall–Kier alpha value is -5.38. The van der Waals surface area contributed by atoms with E-state index in [1.165, 1.54) is 25.4 Å². The Kier molecular flexibility index (Phi) is 11.2. The monoisotopic (exact) mass is 685 g/mol. The van der Waals surface area contributed by atoms with Crippen LogP contribution in [0.2, 0.25) is 0 Å². The SMILES string of the molecule is C#CCOc1cc(Cn2cc(-c3cc(C)nc(S(=O)(=O)CCC(OCc4ccccc4F)c4ccccc4)n3)cc(F)c2=O)ccc1OC. The fourth-order valence-electron chi connectivity index (χ4n) is 5.11. The highest BCUT2D eigenvalue weighted by Gasteiger charge is 2.24. The number of aromatic nitrogens is 3. The van der Waals surface area contributed by atoms with Gasteiger partial charge in [-0.1, -0.05) is 60.5 Å². The molecule has 0 amide bonds. The lowest BCUT2D eigenvalue weighted by Gasteiger charge is -2.19. The average Bonchev–Trinajstić information content (AvgIpc) is 3.10. The fourth-order valence-corrected chi connectivity index (χ4v) is 6.33. The molecule has 0 spiro atoms. The number of methoxy groups -OCH3 is 1. The summed E-state index contributed by atoms with van der Waals surface area (Å²) in [4.78, 5) is 21.3. The molecule has 0 bridgehead atoms. The lowest BCUT2D eigenvalue weighted by atomic mass is 10.1. The number of terminal acetylenes is 1. The first-order valence-corrected chi connectivity index (χ1v) is 16.8. The van der Waals surface area contributed by atoms with Gasteiger partial charge in [0.2, 0.25) is 15.0 Å². The summed E-state index contributed by atoms with van der Waals surface area (Å²) in [5.41, 5.74) is 1.39. The summed E-state index contributed by atoms with van der Waals surface area (Å²) in [6, 6.07) is 22.7. The molecule has 5 rings (SSSR count). The van der Waals surface area contributed by atoms with E-state index < -0.39 is 38.3 Å². The Labute approximate surface area is 283 Å². The third-order valence-corrected chi connectivity index (χ3v) is 9.07. The van der Waals surface area contributed by atoms with E-state index in [1.54, 1.807) is 67.6 Å². The number of halogens is 2. The van der Waals surface area contributed by atoms with Gasteiger partial charge in [-0.15, -0.1) is 6.42 Å². The minimum Gasteiger partial charge on any atom is -0.493 e. The normalized spacial score (nSPS) is 11.9. The van der Waals surface area contributed by atoms with E-state index in [0.29, 0.717) is 28.3 Å². The van der Waals surface area contributed by atoms with E-state index in [9.17, 15) is 17.6 Å². The van der Waals surface area contributed by atoms with Gasteiger partial charge >= 0.3 is 0 Å². The summed E-state index contributed by atoms with van der Waals surface area (Å²) in [6.07, 6.45) is 6.07. The quantitative estimate of drug-likeness (QED) is 0.102. The molecule has 3 aromatic carbocycles. The van der Waals surface area contributed by atoms with Crippen LogP contribution in [0.4, 0.5) is 8.78 Å². The van der Waals surface area contributed by atoms with Crippen molar-refractivity contribution < 1.29 is 31.4 Å². The van der Waals surface area contributed by atoms with Crippen LogP contribution in [-0.4, -0.2) is 42.4 Å². The molecular weight excluding hydrogens is 652 g/mol. The molecule has 0 N–H and O–H groups in total. The van der Waals surface area contributed by atoms with Crippen LogP contribution in [0.5, 0.6) is 11.5 Å². The maximum atomic E-state index is 15.0. The van der Waals surface area contributed by atoms with E-state index in [-0.39, 0.29) is 43.2 Å². The summed E-state index contributed by atoms with van der Waals surface area (Å²) < 4.78 is 74.5. The van der Waals surface area contributed by atoms with Crippen LogP contribution in [0.15, 0.2) is 101 Å². The van der Waals surface area contributed by atoms with Gasteiger partial charge in [0, 0.05) is 23.0 Å². The molecule has 0 saturated heterocycles. The van der Waals surface area contributed by atoms with E-state index in [0.717, 1.165) is 16.2 Å². The zero-order valence-electron chi connectivity index (χ0n) is 26.8. The van der Waals surface area contributed by atoms with Gasteiger partial charge in [-0.2, -0.15) is 0 Å². The molecule has 5 aromatic rings. The Bertz CT molecular complexity index is 2150. The zero-order chi connectivity index (χ0) is 35.0. The van der Waals surface area contributed by atoms with Crippen LogP contribution in [0.3, 0.4) is 0 Å². The van der Waals surface area contributed by atoms with Crippen LogP contribution >= 0.6 is 0 Å². The molecule has 0 saturated carbocycles. The van der Waals surface area contributed by atoms with Gasteiger partial charge in [0.05, 0.1) is 37.8 Å². The van der Waals surface area contributed by atoms with Crippen molar-refractivity contribution in [1.29, 1.82) is 0 Å². The fraction of sp³-hybridized carbons (Fsp3) is 0.216. The average molecular weight is 686 g/mol. The number of ether oxygens (including phenoxy) is 3. The number of hydrogen-bond donors (Lipinski definition) is 0. The molecule has 1 atom stereocenters. The molecule has 252 valence electrons. The minimum atomic E-state index is -4.08. The van der Waals surface area contributed by atoms with E-state index >= 15 is 4.39 Å². The Balaban J connectivity index is 1.40. The molecule has 0 aliphatic carbocycles. The van der Waals surface area contributed by atoms with Crippen LogP contribution < -0.4 is 15.0 Å². The summed E-state index contributed by atoms with van der Waals surface area (Å²) >= 11 is 0. The molecule has 49 heavy (non-hydrogen) atoms. The maximum Gasteiger partial charge on any atom is 0.286 e. The largest absolute Gasteiger partial charge is 0.493 e. The smallest absolute Gasteiger partial charge is 0.286 e. The number of sulfone groups is 1. The van der Waals surface area contributed by atoms with E-state index in [4.69, 9.17) is 20.6 Å². The lowest BCUT2D eigenvalue weighted by Crippen LogP contribution is -2.23. The Morgan fingerprint density at radius 1 is 0.939 bits per heavy atom. The predicted octanol–water partition coefficient (Wildman–Crippen LogP) is 6.08. The first kappa shape index (κ1) is 34.9. The second-order valence-corrected chi connectivity index (χ2v) is 13.1. The van der Waals surface area contributed by atoms with Crippen molar-refractivity contribution in [1.82, 2.24) is 14.5 Å². The van der Waals surface area contributed by atoms with Crippen LogP contribution in [-0.2, 0) is 27.7 Å². The second-order valence-electron chi connectivity index (χ2n) is 11.1. The van der Waals surface area contributed by atoms with Crippen molar-refractivity contribution in [3.8, 4) is 35.1 Å². The van der Waals surface area contributed by atoms with Gasteiger partial charge in [-0.25, -0.2) is 27.2 Å².